The van der Waals surface area contributed by atoms with Gasteiger partial charge in [0.05, 0.1) is 6.10 Å². The Morgan fingerprint density at radius 2 is 1.89 bits per heavy atom. The minimum absolute atomic E-state index is 0.0478. The van der Waals surface area contributed by atoms with E-state index in [0.29, 0.717) is 0 Å². The first-order chi connectivity index (χ1) is 8.92. The van der Waals surface area contributed by atoms with Gasteiger partial charge in [0, 0.05) is 6.54 Å². The lowest BCUT2D eigenvalue weighted by Gasteiger charge is -2.11. The Balaban J connectivity index is 2.01. The van der Waals surface area contributed by atoms with Crippen molar-refractivity contribution in [2.45, 2.75) is 30.3 Å². The van der Waals surface area contributed by atoms with Gasteiger partial charge in [-0.2, -0.15) is 0 Å². The molecule has 0 aromatic heterocycles. The molecule has 19 heavy (non-hydrogen) atoms. The third-order valence-corrected chi connectivity index (χ3v) is 4.60. The largest absolute Gasteiger partial charge is 0.393 e. The minimum atomic E-state index is -4.23. The molecule has 1 aromatic carbocycles. The molecule has 0 amide bonds. The van der Waals surface area contributed by atoms with E-state index in [1.165, 1.54) is 0 Å². The second kappa shape index (κ2) is 5.52. The molecule has 2 N–H and O–H groups in total. The predicted octanol–water partition coefficient (Wildman–Crippen LogP) is 1.40. The standard InChI is InChI=1S/C12H15F2NO3S/c13-9-2-1-3-10(14)12(9)19(17,18)15-7-6-11(16)8-4-5-8/h1-3,8,11,15-16H,4-7H2/t11-/m1/s1. The van der Waals surface area contributed by atoms with Crippen molar-refractivity contribution in [3.63, 3.8) is 0 Å². The van der Waals surface area contributed by atoms with E-state index in [0.717, 1.165) is 31.0 Å². The lowest BCUT2D eigenvalue weighted by Crippen LogP contribution is -2.29. The SMILES string of the molecule is O=S(=O)(NCC[C@@H](O)C1CC1)c1c(F)cccc1F. The summed E-state index contributed by atoms with van der Waals surface area (Å²) in [5.74, 6) is -2.03. The molecule has 0 spiro atoms. The fourth-order valence-electron chi connectivity index (χ4n) is 1.87. The van der Waals surface area contributed by atoms with Crippen molar-refractivity contribution < 1.29 is 22.3 Å². The van der Waals surface area contributed by atoms with Crippen LogP contribution in [0.5, 0.6) is 0 Å². The third kappa shape index (κ3) is 3.49. The smallest absolute Gasteiger partial charge is 0.246 e. The zero-order chi connectivity index (χ0) is 14.0. The molecule has 4 nitrogen and oxygen atoms in total. The lowest BCUT2D eigenvalue weighted by molar-refractivity contribution is 0.143. The van der Waals surface area contributed by atoms with Gasteiger partial charge in [0.1, 0.15) is 11.6 Å². The van der Waals surface area contributed by atoms with E-state index >= 15 is 0 Å². The van der Waals surface area contributed by atoms with Crippen molar-refractivity contribution >= 4 is 10.0 Å². The number of sulfonamides is 1. The number of hydrogen-bond donors (Lipinski definition) is 2. The normalized spacial score (nSPS) is 17.4. The second-order valence-electron chi connectivity index (χ2n) is 4.64. The van der Waals surface area contributed by atoms with Crippen LogP contribution in [0.1, 0.15) is 19.3 Å². The maximum atomic E-state index is 13.4. The van der Waals surface area contributed by atoms with Crippen LogP contribution in [0.15, 0.2) is 23.1 Å². The summed E-state index contributed by atoms with van der Waals surface area (Å²) in [4.78, 5) is -0.976. The topological polar surface area (TPSA) is 66.4 Å². The van der Waals surface area contributed by atoms with Gasteiger partial charge in [0.15, 0.2) is 4.90 Å². The Labute approximate surface area is 110 Å². The summed E-state index contributed by atoms with van der Waals surface area (Å²) < 4.78 is 52.4. The molecule has 1 atom stereocenters. The van der Waals surface area contributed by atoms with Gasteiger partial charge in [-0.1, -0.05) is 6.07 Å². The average molecular weight is 291 g/mol. The second-order valence-corrected chi connectivity index (χ2v) is 6.35. The zero-order valence-electron chi connectivity index (χ0n) is 10.1. The number of hydrogen-bond acceptors (Lipinski definition) is 3. The van der Waals surface area contributed by atoms with Gasteiger partial charge in [-0.25, -0.2) is 21.9 Å². The van der Waals surface area contributed by atoms with E-state index in [9.17, 15) is 22.3 Å². The molecule has 1 saturated carbocycles. The Hall–Kier alpha value is -1.05. The highest BCUT2D eigenvalue weighted by molar-refractivity contribution is 7.89. The number of aliphatic hydroxyl groups excluding tert-OH is 1. The molecule has 1 fully saturated rings. The molecule has 7 heteroatoms. The van der Waals surface area contributed by atoms with Crippen LogP contribution in [0.2, 0.25) is 0 Å². The first-order valence-corrected chi connectivity index (χ1v) is 7.52. The molecule has 0 unspecified atom stereocenters. The van der Waals surface area contributed by atoms with Crippen LogP contribution in [0, 0.1) is 17.6 Å². The van der Waals surface area contributed by atoms with Crippen molar-refractivity contribution in [2.24, 2.45) is 5.92 Å². The summed E-state index contributed by atoms with van der Waals surface area (Å²) in [5, 5.41) is 9.58. The van der Waals surface area contributed by atoms with Crippen LogP contribution in [-0.4, -0.2) is 26.2 Å². The highest BCUT2D eigenvalue weighted by atomic mass is 32.2. The number of aliphatic hydroxyl groups is 1. The van der Waals surface area contributed by atoms with Crippen LogP contribution >= 0.6 is 0 Å². The molecule has 0 bridgehead atoms. The van der Waals surface area contributed by atoms with Crippen molar-refractivity contribution in [3.05, 3.63) is 29.8 Å². The van der Waals surface area contributed by atoms with E-state index in [-0.39, 0.29) is 18.9 Å². The predicted molar refractivity (Wildman–Crippen MR) is 64.9 cm³/mol. The van der Waals surface area contributed by atoms with Crippen LogP contribution < -0.4 is 4.72 Å². The van der Waals surface area contributed by atoms with Gasteiger partial charge in [-0.15, -0.1) is 0 Å². The van der Waals surface area contributed by atoms with Gasteiger partial charge in [0.2, 0.25) is 10.0 Å². The molecule has 0 radical (unpaired) electrons. The van der Waals surface area contributed by atoms with Crippen LogP contribution in [0.3, 0.4) is 0 Å². The van der Waals surface area contributed by atoms with Crippen LogP contribution in [0.4, 0.5) is 8.78 Å². The Morgan fingerprint density at radius 3 is 2.42 bits per heavy atom. The summed E-state index contributed by atoms with van der Waals surface area (Å²) in [6.45, 7) is -0.0478. The summed E-state index contributed by atoms with van der Waals surface area (Å²) in [6.07, 6.45) is 1.55. The molecule has 2 rings (SSSR count). The first kappa shape index (κ1) is 14.4. The minimum Gasteiger partial charge on any atom is -0.393 e. The Bertz CT molecular complexity index is 538. The highest BCUT2D eigenvalue weighted by Gasteiger charge is 2.30. The lowest BCUT2D eigenvalue weighted by atomic mass is 10.2. The fourth-order valence-corrected chi connectivity index (χ4v) is 3.05. The van der Waals surface area contributed by atoms with E-state index in [1.54, 1.807) is 0 Å². The third-order valence-electron chi connectivity index (χ3n) is 3.09. The molecule has 0 heterocycles. The monoisotopic (exact) mass is 291 g/mol. The van der Waals surface area contributed by atoms with Crippen LogP contribution in [-0.2, 0) is 10.0 Å². The van der Waals surface area contributed by atoms with Crippen molar-refractivity contribution in [3.8, 4) is 0 Å². The highest BCUT2D eigenvalue weighted by Crippen LogP contribution is 2.33. The number of benzene rings is 1. The Morgan fingerprint density at radius 1 is 1.32 bits per heavy atom. The summed E-state index contributed by atoms with van der Waals surface area (Å²) in [6, 6.07) is 2.87. The van der Waals surface area contributed by atoms with Gasteiger partial charge < -0.3 is 5.11 Å². The van der Waals surface area contributed by atoms with Crippen molar-refractivity contribution in [2.75, 3.05) is 6.54 Å². The van der Waals surface area contributed by atoms with Gasteiger partial charge in [0.25, 0.3) is 0 Å². The van der Waals surface area contributed by atoms with E-state index in [4.69, 9.17) is 0 Å². The molecule has 106 valence electrons. The van der Waals surface area contributed by atoms with Gasteiger partial charge in [-0.05, 0) is 37.3 Å². The van der Waals surface area contributed by atoms with Crippen LogP contribution in [0.25, 0.3) is 0 Å². The fraction of sp³-hybridized carbons (Fsp3) is 0.500. The maximum absolute atomic E-state index is 13.4. The van der Waals surface area contributed by atoms with Gasteiger partial charge in [-0.3, -0.25) is 0 Å². The quantitative estimate of drug-likeness (QED) is 0.832. The number of halogens is 2. The van der Waals surface area contributed by atoms with Crippen molar-refractivity contribution in [1.29, 1.82) is 0 Å². The Kier molecular flexibility index (Phi) is 4.17. The summed E-state index contributed by atoms with van der Waals surface area (Å²) >= 11 is 0. The van der Waals surface area contributed by atoms with E-state index < -0.39 is 32.7 Å². The molecule has 1 aliphatic carbocycles. The molecule has 1 aromatic rings. The first-order valence-electron chi connectivity index (χ1n) is 6.03. The molecule has 0 aliphatic heterocycles. The molecule has 0 saturated heterocycles. The molecular weight excluding hydrogens is 276 g/mol. The summed E-state index contributed by atoms with van der Waals surface area (Å²) in [7, 11) is -4.23. The van der Waals surface area contributed by atoms with E-state index in [2.05, 4.69) is 4.72 Å². The molecular formula is C12H15F2NO3S. The summed E-state index contributed by atoms with van der Waals surface area (Å²) in [5.41, 5.74) is 0. The number of rotatable bonds is 6. The average Bonchev–Trinajstić information content (AvgIpc) is 3.11. The number of nitrogens with one attached hydrogen (secondary N) is 1. The zero-order valence-corrected chi connectivity index (χ0v) is 11.0. The van der Waals surface area contributed by atoms with Gasteiger partial charge >= 0.3 is 0 Å². The maximum Gasteiger partial charge on any atom is 0.246 e. The van der Waals surface area contributed by atoms with E-state index in [1.807, 2.05) is 0 Å². The van der Waals surface area contributed by atoms with Crippen molar-refractivity contribution in [1.82, 2.24) is 4.72 Å². The molecule has 1 aliphatic rings.